The van der Waals surface area contributed by atoms with Crippen LogP contribution in [-0.2, 0) is 4.79 Å². The second-order valence-electron chi connectivity index (χ2n) is 6.41. The maximum absolute atomic E-state index is 12.1. The Labute approximate surface area is 140 Å². The molecule has 1 aliphatic carbocycles. The molecule has 4 amide bonds. The Morgan fingerprint density at radius 2 is 2.08 bits per heavy atom. The van der Waals surface area contributed by atoms with Crippen LogP contribution in [0.15, 0.2) is 18.3 Å². The summed E-state index contributed by atoms with van der Waals surface area (Å²) in [6.07, 6.45) is 3.93. The highest BCUT2D eigenvalue weighted by atomic mass is 16.2. The molecule has 0 spiro atoms. The summed E-state index contributed by atoms with van der Waals surface area (Å²) in [6, 6.07) is 2.94. The minimum atomic E-state index is -0.389. The van der Waals surface area contributed by atoms with Crippen molar-refractivity contribution in [2.75, 3.05) is 26.0 Å². The molecular formula is C16H21N5O3. The lowest BCUT2D eigenvalue weighted by Gasteiger charge is -2.16. The number of hydrogen-bond donors (Lipinski definition) is 2. The number of anilines is 1. The molecule has 2 heterocycles. The molecule has 3 rings (SSSR count). The maximum atomic E-state index is 12.1. The zero-order chi connectivity index (χ0) is 17.3. The first-order valence-corrected chi connectivity index (χ1v) is 7.98. The largest absolute Gasteiger partial charge is 0.343 e. The average molecular weight is 331 g/mol. The summed E-state index contributed by atoms with van der Waals surface area (Å²) >= 11 is 0. The third-order valence-corrected chi connectivity index (χ3v) is 4.12. The number of urea groups is 1. The lowest BCUT2D eigenvalue weighted by Crippen LogP contribution is -2.40. The third-order valence-electron chi connectivity index (χ3n) is 4.12. The Hall–Kier alpha value is -2.64. The number of aromatic nitrogens is 1. The molecular weight excluding hydrogens is 310 g/mol. The van der Waals surface area contributed by atoms with Gasteiger partial charge in [-0.3, -0.25) is 14.6 Å². The SMILES string of the molecule is CN(C)C(=O)c1cc(NC(=O)NC2CC(=O)N(C3CC3)C2)ccn1. The Morgan fingerprint density at radius 1 is 1.33 bits per heavy atom. The van der Waals surface area contributed by atoms with Crippen LogP contribution in [0.2, 0.25) is 0 Å². The van der Waals surface area contributed by atoms with Crippen LogP contribution in [-0.4, -0.2) is 65.4 Å². The molecule has 8 nitrogen and oxygen atoms in total. The summed E-state index contributed by atoms with van der Waals surface area (Å²) in [7, 11) is 3.28. The molecule has 1 saturated carbocycles. The van der Waals surface area contributed by atoms with Gasteiger partial charge in [0.05, 0.1) is 6.04 Å². The Morgan fingerprint density at radius 3 is 2.75 bits per heavy atom. The van der Waals surface area contributed by atoms with Crippen LogP contribution in [0.4, 0.5) is 10.5 Å². The number of likely N-dealkylation sites (tertiary alicyclic amines) is 1. The molecule has 1 unspecified atom stereocenters. The van der Waals surface area contributed by atoms with Crippen LogP contribution in [0.5, 0.6) is 0 Å². The lowest BCUT2D eigenvalue weighted by molar-refractivity contribution is -0.128. The standard InChI is InChI=1S/C16H21N5O3/c1-20(2)15(23)13-7-10(5-6-17-13)18-16(24)19-11-8-14(22)21(9-11)12-3-4-12/h5-7,11-12H,3-4,8-9H2,1-2H3,(H2,17,18,19,24). The van der Waals surface area contributed by atoms with Crippen molar-refractivity contribution in [1.82, 2.24) is 20.1 Å². The zero-order valence-electron chi connectivity index (χ0n) is 13.8. The van der Waals surface area contributed by atoms with Gasteiger partial charge in [0.25, 0.3) is 5.91 Å². The summed E-state index contributed by atoms with van der Waals surface area (Å²) in [5.74, 6) is -0.133. The molecule has 128 valence electrons. The van der Waals surface area contributed by atoms with Gasteiger partial charge in [0.2, 0.25) is 5.91 Å². The maximum Gasteiger partial charge on any atom is 0.319 e. The van der Waals surface area contributed by atoms with Gasteiger partial charge in [-0.15, -0.1) is 0 Å². The number of pyridine rings is 1. The van der Waals surface area contributed by atoms with Crippen LogP contribution in [0.25, 0.3) is 0 Å². The predicted molar refractivity (Wildman–Crippen MR) is 87.5 cm³/mol. The first-order valence-electron chi connectivity index (χ1n) is 7.98. The van der Waals surface area contributed by atoms with Crippen molar-refractivity contribution in [2.24, 2.45) is 0 Å². The van der Waals surface area contributed by atoms with Crippen molar-refractivity contribution in [3.8, 4) is 0 Å². The van der Waals surface area contributed by atoms with Gasteiger partial charge in [-0.25, -0.2) is 4.79 Å². The zero-order valence-corrected chi connectivity index (χ0v) is 13.8. The molecule has 1 aliphatic heterocycles. The predicted octanol–water partition coefficient (Wildman–Crippen LogP) is 0.668. The fraction of sp³-hybridized carbons (Fsp3) is 0.500. The van der Waals surface area contributed by atoms with E-state index in [1.807, 2.05) is 4.90 Å². The second kappa shape index (κ2) is 6.46. The van der Waals surface area contributed by atoms with E-state index in [9.17, 15) is 14.4 Å². The van der Waals surface area contributed by atoms with Gasteiger partial charge >= 0.3 is 6.03 Å². The minimum Gasteiger partial charge on any atom is -0.343 e. The number of carbonyl (C=O) groups is 3. The fourth-order valence-corrected chi connectivity index (χ4v) is 2.77. The normalized spacial score (nSPS) is 20.0. The van der Waals surface area contributed by atoms with E-state index in [0.717, 1.165) is 12.8 Å². The smallest absolute Gasteiger partial charge is 0.319 e. The van der Waals surface area contributed by atoms with Gasteiger partial charge in [-0.05, 0) is 25.0 Å². The number of carbonyl (C=O) groups excluding carboxylic acids is 3. The van der Waals surface area contributed by atoms with Crippen molar-refractivity contribution in [3.05, 3.63) is 24.0 Å². The molecule has 1 saturated heterocycles. The van der Waals surface area contributed by atoms with E-state index in [2.05, 4.69) is 15.6 Å². The highest BCUT2D eigenvalue weighted by molar-refractivity contribution is 5.95. The molecule has 1 aromatic heterocycles. The second-order valence-corrected chi connectivity index (χ2v) is 6.41. The van der Waals surface area contributed by atoms with Crippen molar-refractivity contribution >= 4 is 23.5 Å². The highest BCUT2D eigenvalue weighted by Gasteiger charge is 2.39. The Balaban J connectivity index is 1.56. The summed E-state index contributed by atoms with van der Waals surface area (Å²) in [6.45, 7) is 0.567. The molecule has 2 aliphatic rings. The summed E-state index contributed by atoms with van der Waals surface area (Å²) in [4.78, 5) is 43.2. The highest BCUT2D eigenvalue weighted by Crippen LogP contribution is 2.30. The molecule has 2 N–H and O–H groups in total. The van der Waals surface area contributed by atoms with E-state index in [0.29, 0.717) is 24.7 Å². The van der Waals surface area contributed by atoms with E-state index in [1.165, 1.54) is 17.2 Å². The molecule has 0 bridgehead atoms. The van der Waals surface area contributed by atoms with E-state index in [1.54, 1.807) is 20.2 Å². The van der Waals surface area contributed by atoms with Crippen molar-refractivity contribution < 1.29 is 14.4 Å². The Bertz CT molecular complexity index is 671. The first kappa shape index (κ1) is 16.2. The van der Waals surface area contributed by atoms with Crippen LogP contribution in [0, 0.1) is 0 Å². The summed E-state index contributed by atoms with van der Waals surface area (Å²) in [5.41, 5.74) is 0.741. The third kappa shape index (κ3) is 3.64. The van der Waals surface area contributed by atoms with Gasteiger partial charge in [-0.1, -0.05) is 0 Å². The van der Waals surface area contributed by atoms with E-state index < -0.39 is 0 Å². The topological polar surface area (TPSA) is 94.6 Å². The van der Waals surface area contributed by atoms with Crippen molar-refractivity contribution in [1.29, 1.82) is 0 Å². The Kier molecular flexibility index (Phi) is 4.37. The molecule has 0 radical (unpaired) electrons. The number of nitrogens with zero attached hydrogens (tertiary/aromatic N) is 3. The van der Waals surface area contributed by atoms with Gasteiger partial charge in [-0.2, -0.15) is 0 Å². The minimum absolute atomic E-state index is 0.102. The van der Waals surface area contributed by atoms with Gasteiger partial charge in [0.15, 0.2) is 0 Å². The number of amides is 4. The van der Waals surface area contributed by atoms with Gasteiger partial charge in [0, 0.05) is 45.0 Å². The van der Waals surface area contributed by atoms with E-state index >= 15 is 0 Å². The van der Waals surface area contributed by atoms with Crippen LogP contribution < -0.4 is 10.6 Å². The molecule has 2 fully saturated rings. The van der Waals surface area contributed by atoms with E-state index in [-0.39, 0.29) is 29.6 Å². The van der Waals surface area contributed by atoms with Crippen LogP contribution in [0.3, 0.4) is 0 Å². The summed E-state index contributed by atoms with van der Waals surface area (Å²) < 4.78 is 0. The van der Waals surface area contributed by atoms with Crippen molar-refractivity contribution in [3.63, 3.8) is 0 Å². The lowest BCUT2D eigenvalue weighted by atomic mass is 10.2. The van der Waals surface area contributed by atoms with Gasteiger partial charge in [0.1, 0.15) is 5.69 Å². The number of nitrogens with one attached hydrogen (secondary N) is 2. The van der Waals surface area contributed by atoms with Crippen LogP contribution in [0.1, 0.15) is 29.8 Å². The molecule has 1 atom stereocenters. The molecule has 24 heavy (non-hydrogen) atoms. The molecule has 0 aromatic carbocycles. The molecule has 1 aromatic rings. The first-order chi connectivity index (χ1) is 11.4. The fourth-order valence-electron chi connectivity index (χ4n) is 2.77. The quantitative estimate of drug-likeness (QED) is 0.848. The average Bonchev–Trinajstić information content (AvgIpc) is 3.30. The number of rotatable bonds is 4. The molecule has 8 heteroatoms. The van der Waals surface area contributed by atoms with Gasteiger partial charge < -0.3 is 20.4 Å². The summed E-state index contributed by atoms with van der Waals surface area (Å²) in [5, 5.41) is 5.50. The van der Waals surface area contributed by atoms with Crippen molar-refractivity contribution in [2.45, 2.75) is 31.3 Å². The van der Waals surface area contributed by atoms with E-state index in [4.69, 9.17) is 0 Å². The van der Waals surface area contributed by atoms with Crippen LogP contribution >= 0.6 is 0 Å². The number of hydrogen-bond acceptors (Lipinski definition) is 4. The monoisotopic (exact) mass is 331 g/mol.